The quantitative estimate of drug-likeness (QED) is 0.410. The van der Waals surface area contributed by atoms with E-state index in [0.717, 1.165) is 6.07 Å². The van der Waals surface area contributed by atoms with Gasteiger partial charge in [0.15, 0.2) is 5.49 Å². The van der Waals surface area contributed by atoms with E-state index in [2.05, 4.69) is 26.9 Å². The molecule has 0 saturated heterocycles. The van der Waals surface area contributed by atoms with Crippen molar-refractivity contribution in [2.24, 2.45) is 17.3 Å². The second kappa shape index (κ2) is 7.46. The maximum atomic E-state index is 13.4. The van der Waals surface area contributed by atoms with Crippen LogP contribution in [-0.4, -0.2) is 21.3 Å². The number of alkyl halides is 3. The van der Waals surface area contributed by atoms with Gasteiger partial charge in [-0.15, -0.1) is 5.10 Å². The van der Waals surface area contributed by atoms with Crippen molar-refractivity contribution in [2.75, 3.05) is 5.73 Å². The van der Waals surface area contributed by atoms with Gasteiger partial charge in [0.25, 0.3) is 0 Å². The molecule has 2 aromatic heterocycles. The Morgan fingerprint density at radius 3 is 2.31 bits per heavy atom. The number of benzene rings is 1. The van der Waals surface area contributed by atoms with Crippen molar-refractivity contribution in [2.45, 2.75) is 13.1 Å². The Kier molecular flexibility index (Phi) is 5.19. The lowest BCUT2D eigenvalue weighted by molar-refractivity contribution is -0.141. The van der Waals surface area contributed by atoms with Gasteiger partial charge in [0.05, 0.1) is 11.3 Å². The maximum Gasteiger partial charge on any atom is 0.433 e. The fraction of sp³-hybridized carbons (Fsp3) is 0.158. The van der Waals surface area contributed by atoms with Crippen LogP contribution < -0.4 is 11.2 Å². The van der Waals surface area contributed by atoms with Crippen molar-refractivity contribution in [1.29, 1.82) is 0 Å². The zero-order chi connectivity index (χ0) is 21.3. The Hall–Kier alpha value is -3.56. The second-order valence-electron chi connectivity index (χ2n) is 6.20. The van der Waals surface area contributed by atoms with E-state index in [1.54, 1.807) is 7.05 Å². The lowest BCUT2D eigenvalue weighted by Crippen LogP contribution is -2.25. The van der Waals surface area contributed by atoms with Crippen LogP contribution in [0, 0.1) is 12.7 Å². The van der Waals surface area contributed by atoms with Crippen molar-refractivity contribution < 1.29 is 17.6 Å². The topological polar surface area (TPSA) is 81.4 Å². The Morgan fingerprint density at radius 2 is 1.72 bits per heavy atom. The molecule has 3 rings (SSSR count). The summed E-state index contributed by atoms with van der Waals surface area (Å²) in [6.45, 7) is 4.76. The van der Waals surface area contributed by atoms with E-state index in [9.17, 15) is 17.6 Å². The average molecular weight is 404 g/mol. The number of hydrogen-bond donors (Lipinski definition) is 1. The van der Waals surface area contributed by atoms with Crippen molar-refractivity contribution in [3.8, 4) is 22.4 Å². The molecule has 150 valence electrons. The van der Waals surface area contributed by atoms with Gasteiger partial charge in [-0.2, -0.15) is 18.3 Å². The number of anilines is 1. The minimum Gasteiger partial charge on any atom is -0.369 e. The molecule has 2 N–H and O–H groups in total. The third kappa shape index (κ3) is 4.00. The molecule has 0 aliphatic rings. The van der Waals surface area contributed by atoms with Gasteiger partial charge in [0.1, 0.15) is 11.5 Å². The lowest BCUT2D eigenvalue weighted by atomic mass is 9.99. The SMILES string of the molecule is C=N/N=c1/c(-c2cc(C)nc(C(F)(F)F)c2)c(-c2ccc(F)cc2)nc(N)n1C. The summed E-state index contributed by atoms with van der Waals surface area (Å²) < 4.78 is 54.7. The molecule has 0 radical (unpaired) electrons. The number of aromatic nitrogens is 3. The highest BCUT2D eigenvalue weighted by molar-refractivity contribution is 5.81. The van der Waals surface area contributed by atoms with E-state index < -0.39 is 17.7 Å². The summed E-state index contributed by atoms with van der Waals surface area (Å²) >= 11 is 0. The van der Waals surface area contributed by atoms with Crippen LogP contribution in [0.5, 0.6) is 0 Å². The molecule has 0 fully saturated rings. The molecular weight excluding hydrogens is 388 g/mol. The van der Waals surface area contributed by atoms with Crippen LogP contribution in [0.4, 0.5) is 23.5 Å². The predicted octanol–water partition coefficient (Wildman–Crippen LogP) is 3.71. The summed E-state index contributed by atoms with van der Waals surface area (Å²) in [4.78, 5) is 7.88. The van der Waals surface area contributed by atoms with Crippen LogP contribution >= 0.6 is 0 Å². The van der Waals surface area contributed by atoms with E-state index in [-0.39, 0.29) is 34.0 Å². The molecule has 0 spiro atoms. The van der Waals surface area contributed by atoms with E-state index in [1.165, 1.54) is 41.8 Å². The van der Waals surface area contributed by atoms with E-state index in [0.29, 0.717) is 5.56 Å². The van der Waals surface area contributed by atoms with Crippen LogP contribution in [0.25, 0.3) is 22.4 Å². The maximum absolute atomic E-state index is 13.4. The van der Waals surface area contributed by atoms with Gasteiger partial charge in [0.2, 0.25) is 5.95 Å². The van der Waals surface area contributed by atoms with Crippen LogP contribution in [0.2, 0.25) is 0 Å². The highest BCUT2D eigenvalue weighted by Crippen LogP contribution is 2.34. The summed E-state index contributed by atoms with van der Waals surface area (Å²) in [5.41, 5.74) is 6.25. The molecular formula is C19H16F4N6. The number of hydrogen-bond acceptors (Lipinski definition) is 5. The van der Waals surface area contributed by atoms with E-state index in [1.807, 2.05) is 0 Å². The van der Waals surface area contributed by atoms with Crippen LogP contribution in [-0.2, 0) is 13.2 Å². The van der Waals surface area contributed by atoms with Gasteiger partial charge in [-0.05, 0) is 48.9 Å². The first-order valence-corrected chi connectivity index (χ1v) is 8.30. The molecule has 2 heterocycles. The Labute approximate surface area is 163 Å². The number of pyridine rings is 1. The first-order chi connectivity index (χ1) is 13.6. The first kappa shape index (κ1) is 20.2. The zero-order valence-electron chi connectivity index (χ0n) is 15.5. The first-order valence-electron chi connectivity index (χ1n) is 8.30. The number of nitrogens with two attached hydrogens (primary N) is 1. The Bertz CT molecular complexity index is 1150. The van der Waals surface area contributed by atoms with Crippen molar-refractivity contribution in [1.82, 2.24) is 14.5 Å². The monoisotopic (exact) mass is 404 g/mol. The summed E-state index contributed by atoms with van der Waals surface area (Å²) in [7, 11) is 1.54. The van der Waals surface area contributed by atoms with Gasteiger partial charge < -0.3 is 5.73 Å². The van der Waals surface area contributed by atoms with Gasteiger partial charge in [-0.25, -0.2) is 14.4 Å². The number of nitrogen functional groups attached to an aromatic ring is 1. The number of halogens is 4. The lowest BCUT2D eigenvalue weighted by Gasteiger charge is -2.16. The second-order valence-corrected chi connectivity index (χ2v) is 6.20. The standard InChI is InChI=1S/C19H16F4N6/c1-10-8-12(9-14(26-10)19(21,22)23)15-16(11-4-6-13(20)7-5-11)27-18(24)29(3)17(15)28-25-2/h4-9H,2H2,1,3H3,(H2,24,27)/b28-17-. The van der Waals surface area contributed by atoms with Crippen molar-refractivity contribution >= 4 is 12.7 Å². The molecule has 0 bridgehead atoms. The Balaban J connectivity index is 2.46. The summed E-state index contributed by atoms with van der Waals surface area (Å²) in [5, 5.41) is 7.46. The van der Waals surface area contributed by atoms with Gasteiger partial charge in [-0.1, -0.05) is 0 Å². The van der Waals surface area contributed by atoms with Gasteiger partial charge in [0, 0.05) is 25.0 Å². The highest BCUT2D eigenvalue weighted by atomic mass is 19.4. The third-order valence-corrected chi connectivity index (χ3v) is 4.16. The molecule has 29 heavy (non-hydrogen) atoms. The summed E-state index contributed by atoms with van der Waals surface area (Å²) in [6, 6.07) is 7.69. The van der Waals surface area contributed by atoms with Gasteiger partial charge in [-0.3, -0.25) is 4.57 Å². The molecule has 0 unspecified atom stereocenters. The summed E-state index contributed by atoms with van der Waals surface area (Å²) in [5.74, 6) is -0.432. The molecule has 0 amide bonds. The van der Waals surface area contributed by atoms with Crippen molar-refractivity contribution in [3.63, 3.8) is 0 Å². The minimum absolute atomic E-state index is 0.0392. The smallest absolute Gasteiger partial charge is 0.369 e. The van der Waals surface area contributed by atoms with E-state index >= 15 is 0 Å². The van der Waals surface area contributed by atoms with E-state index in [4.69, 9.17) is 5.73 Å². The molecule has 0 aliphatic carbocycles. The number of nitrogens with zero attached hydrogens (tertiary/aromatic N) is 5. The number of rotatable bonds is 3. The fourth-order valence-corrected chi connectivity index (χ4v) is 2.85. The summed E-state index contributed by atoms with van der Waals surface area (Å²) in [6.07, 6.45) is -4.64. The molecule has 3 aromatic rings. The minimum atomic E-state index is -4.64. The third-order valence-electron chi connectivity index (χ3n) is 4.16. The van der Waals surface area contributed by atoms with Crippen LogP contribution in [0.3, 0.4) is 0 Å². The molecule has 0 saturated carbocycles. The largest absolute Gasteiger partial charge is 0.433 e. The Morgan fingerprint density at radius 1 is 1.07 bits per heavy atom. The normalized spacial score (nSPS) is 12.3. The molecule has 1 aromatic carbocycles. The molecule has 6 nitrogen and oxygen atoms in total. The molecule has 0 atom stereocenters. The van der Waals surface area contributed by atoms with Crippen molar-refractivity contribution in [3.05, 3.63) is 59.1 Å². The average Bonchev–Trinajstić information content (AvgIpc) is 2.65. The number of aryl methyl sites for hydroxylation is 1. The van der Waals surface area contributed by atoms with Crippen LogP contribution in [0.1, 0.15) is 11.4 Å². The predicted molar refractivity (Wildman–Crippen MR) is 101 cm³/mol. The van der Waals surface area contributed by atoms with Crippen LogP contribution in [0.15, 0.2) is 46.6 Å². The molecule has 0 aliphatic heterocycles. The zero-order valence-corrected chi connectivity index (χ0v) is 15.5. The highest BCUT2D eigenvalue weighted by Gasteiger charge is 2.33. The van der Waals surface area contributed by atoms with Gasteiger partial charge >= 0.3 is 6.18 Å². The fourth-order valence-electron chi connectivity index (χ4n) is 2.85. The molecule has 10 heteroatoms.